The largest absolute Gasteiger partial charge is 0.277 e. The van der Waals surface area contributed by atoms with Crippen LogP contribution in [0.4, 0.5) is 0 Å². The van der Waals surface area contributed by atoms with Crippen LogP contribution in [-0.4, -0.2) is 33.2 Å². The molecule has 0 aliphatic carbocycles. The molecule has 0 radical (unpaired) electrons. The summed E-state index contributed by atoms with van der Waals surface area (Å²) in [4.78, 5) is 31.5. The quantitative estimate of drug-likeness (QED) is 0.785. The van der Waals surface area contributed by atoms with Crippen molar-refractivity contribution < 1.29 is 9.59 Å². The second-order valence-electron chi connectivity index (χ2n) is 5.29. The van der Waals surface area contributed by atoms with Crippen molar-refractivity contribution in [3.8, 4) is 0 Å². The number of amides is 2. The lowest BCUT2D eigenvalue weighted by atomic mass is 9.86. The van der Waals surface area contributed by atoms with E-state index in [1.54, 1.807) is 23.1 Å². The summed E-state index contributed by atoms with van der Waals surface area (Å²) in [6, 6.07) is 0. The van der Waals surface area contributed by atoms with Crippen molar-refractivity contribution in [2.45, 2.75) is 33.2 Å². The van der Waals surface area contributed by atoms with Gasteiger partial charge in [-0.25, -0.2) is 4.98 Å². The molecule has 2 fully saturated rings. The standard InChI is InChI=1S/C13H16N2O2S2/c1-8-10(19-9(2)14-8)6-15-11(16)5-13(12(15)17)3-4-18-7-13/h3-7H2,1-2H3. The summed E-state index contributed by atoms with van der Waals surface area (Å²) >= 11 is 3.36. The van der Waals surface area contributed by atoms with Crippen molar-refractivity contribution >= 4 is 34.9 Å². The molecule has 0 N–H and O–H groups in total. The molecule has 2 aliphatic rings. The lowest BCUT2D eigenvalue weighted by Crippen LogP contribution is -2.35. The van der Waals surface area contributed by atoms with E-state index in [-0.39, 0.29) is 11.8 Å². The first-order chi connectivity index (χ1) is 9.02. The molecule has 0 saturated carbocycles. The number of imide groups is 1. The van der Waals surface area contributed by atoms with E-state index in [1.165, 1.54) is 4.90 Å². The molecule has 6 heteroatoms. The molecule has 3 rings (SSSR count). The number of carbonyl (C=O) groups excluding carboxylic acids is 2. The van der Waals surface area contributed by atoms with Gasteiger partial charge in [0.05, 0.1) is 22.7 Å². The fraction of sp³-hybridized carbons (Fsp3) is 0.615. The summed E-state index contributed by atoms with van der Waals surface area (Å²) < 4.78 is 0. The Morgan fingerprint density at radius 3 is 2.74 bits per heavy atom. The van der Waals surface area contributed by atoms with Crippen LogP contribution in [0.3, 0.4) is 0 Å². The molecule has 2 saturated heterocycles. The first kappa shape index (κ1) is 13.1. The first-order valence-electron chi connectivity index (χ1n) is 6.37. The molecular weight excluding hydrogens is 280 g/mol. The number of thiazole rings is 1. The van der Waals surface area contributed by atoms with Crippen LogP contribution in [0.15, 0.2) is 0 Å². The van der Waals surface area contributed by atoms with Crippen LogP contribution in [0.5, 0.6) is 0 Å². The van der Waals surface area contributed by atoms with E-state index in [0.29, 0.717) is 13.0 Å². The number of aryl methyl sites for hydroxylation is 2. The van der Waals surface area contributed by atoms with Gasteiger partial charge in [-0.05, 0) is 26.0 Å². The number of thioether (sulfide) groups is 1. The van der Waals surface area contributed by atoms with Gasteiger partial charge in [0, 0.05) is 17.1 Å². The number of nitrogens with zero attached hydrogens (tertiary/aromatic N) is 2. The van der Waals surface area contributed by atoms with Gasteiger partial charge in [0.1, 0.15) is 0 Å². The van der Waals surface area contributed by atoms with E-state index in [2.05, 4.69) is 4.98 Å². The van der Waals surface area contributed by atoms with Crippen LogP contribution >= 0.6 is 23.1 Å². The molecule has 3 heterocycles. The minimum Gasteiger partial charge on any atom is -0.277 e. The molecule has 1 atom stereocenters. The number of hydrogen-bond acceptors (Lipinski definition) is 5. The molecule has 19 heavy (non-hydrogen) atoms. The third-order valence-electron chi connectivity index (χ3n) is 3.89. The van der Waals surface area contributed by atoms with Gasteiger partial charge in [-0.1, -0.05) is 0 Å². The van der Waals surface area contributed by atoms with Gasteiger partial charge in [-0.3, -0.25) is 14.5 Å². The maximum Gasteiger partial charge on any atom is 0.237 e. The summed E-state index contributed by atoms with van der Waals surface area (Å²) in [5.41, 5.74) is 0.542. The van der Waals surface area contributed by atoms with E-state index in [4.69, 9.17) is 0 Å². The average molecular weight is 296 g/mol. The molecule has 1 spiro atoms. The van der Waals surface area contributed by atoms with Crippen LogP contribution in [0.1, 0.15) is 28.4 Å². The Hall–Kier alpha value is -0.880. The maximum atomic E-state index is 12.5. The molecular formula is C13H16N2O2S2. The van der Waals surface area contributed by atoms with Gasteiger partial charge in [-0.15, -0.1) is 11.3 Å². The molecule has 1 unspecified atom stereocenters. The predicted molar refractivity (Wildman–Crippen MR) is 76.1 cm³/mol. The SMILES string of the molecule is Cc1nc(C)c(CN2C(=O)CC3(CCSC3)C2=O)s1. The molecule has 2 amide bonds. The highest BCUT2D eigenvalue weighted by Crippen LogP contribution is 2.45. The Kier molecular flexibility index (Phi) is 3.17. The van der Waals surface area contributed by atoms with Gasteiger partial charge < -0.3 is 0 Å². The highest BCUT2D eigenvalue weighted by molar-refractivity contribution is 7.99. The number of hydrogen-bond donors (Lipinski definition) is 0. The second-order valence-corrected chi connectivity index (χ2v) is 7.68. The zero-order valence-electron chi connectivity index (χ0n) is 11.1. The smallest absolute Gasteiger partial charge is 0.237 e. The fourth-order valence-electron chi connectivity index (χ4n) is 2.80. The van der Waals surface area contributed by atoms with Crippen molar-refractivity contribution in [1.29, 1.82) is 0 Å². The van der Waals surface area contributed by atoms with E-state index in [9.17, 15) is 9.59 Å². The first-order valence-corrected chi connectivity index (χ1v) is 8.34. The zero-order chi connectivity index (χ0) is 13.6. The minimum atomic E-state index is -0.393. The molecule has 102 valence electrons. The Morgan fingerprint density at radius 1 is 1.37 bits per heavy atom. The van der Waals surface area contributed by atoms with Crippen molar-refractivity contribution in [3.63, 3.8) is 0 Å². The van der Waals surface area contributed by atoms with E-state index in [1.807, 2.05) is 13.8 Å². The molecule has 0 bridgehead atoms. The van der Waals surface area contributed by atoms with Crippen LogP contribution in [-0.2, 0) is 16.1 Å². The maximum absolute atomic E-state index is 12.5. The predicted octanol–water partition coefficient (Wildman–Crippen LogP) is 2.14. The monoisotopic (exact) mass is 296 g/mol. The Labute approximate surface area is 120 Å². The van der Waals surface area contributed by atoms with Crippen molar-refractivity contribution in [3.05, 3.63) is 15.6 Å². The van der Waals surface area contributed by atoms with Crippen LogP contribution in [0, 0.1) is 19.3 Å². The van der Waals surface area contributed by atoms with Crippen molar-refractivity contribution in [1.82, 2.24) is 9.88 Å². The summed E-state index contributed by atoms with van der Waals surface area (Å²) in [7, 11) is 0. The molecule has 1 aromatic heterocycles. The van der Waals surface area contributed by atoms with Crippen LogP contribution in [0.2, 0.25) is 0 Å². The van der Waals surface area contributed by atoms with Crippen LogP contribution in [0.25, 0.3) is 0 Å². The highest BCUT2D eigenvalue weighted by Gasteiger charge is 2.53. The van der Waals surface area contributed by atoms with E-state index < -0.39 is 5.41 Å². The number of carbonyl (C=O) groups is 2. The average Bonchev–Trinajstić information content (AvgIpc) is 2.98. The number of rotatable bonds is 2. The topological polar surface area (TPSA) is 50.3 Å². The van der Waals surface area contributed by atoms with Gasteiger partial charge in [0.25, 0.3) is 0 Å². The minimum absolute atomic E-state index is 0.0158. The number of likely N-dealkylation sites (tertiary alicyclic amines) is 1. The summed E-state index contributed by atoms with van der Waals surface area (Å²) in [5, 5.41) is 0.984. The summed E-state index contributed by atoms with van der Waals surface area (Å²) in [5.74, 6) is 1.81. The third kappa shape index (κ3) is 2.10. The third-order valence-corrected chi connectivity index (χ3v) is 6.20. The molecule has 2 aliphatic heterocycles. The van der Waals surface area contributed by atoms with Crippen molar-refractivity contribution in [2.24, 2.45) is 5.41 Å². The highest BCUT2D eigenvalue weighted by atomic mass is 32.2. The Bertz CT molecular complexity index is 547. The fourth-order valence-corrected chi connectivity index (χ4v) is 5.17. The summed E-state index contributed by atoms with van der Waals surface area (Å²) in [6.45, 7) is 4.29. The van der Waals surface area contributed by atoms with Crippen LogP contribution < -0.4 is 0 Å². The number of aromatic nitrogens is 1. The zero-order valence-corrected chi connectivity index (χ0v) is 12.7. The molecule has 0 aromatic carbocycles. The Morgan fingerprint density at radius 2 is 2.16 bits per heavy atom. The van der Waals surface area contributed by atoms with Crippen molar-refractivity contribution in [2.75, 3.05) is 11.5 Å². The van der Waals surface area contributed by atoms with E-state index >= 15 is 0 Å². The van der Waals surface area contributed by atoms with Gasteiger partial charge >= 0.3 is 0 Å². The lowest BCUT2D eigenvalue weighted by molar-refractivity contribution is -0.141. The van der Waals surface area contributed by atoms with Gasteiger partial charge in [0.15, 0.2) is 0 Å². The molecule has 1 aromatic rings. The molecule has 4 nitrogen and oxygen atoms in total. The Balaban J connectivity index is 1.83. The van der Waals surface area contributed by atoms with Gasteiger partial charge in [-0.2, -0.15) is 11.8 Å². The van der Waals surface area contributed by atoms with E-state index in [0.717, 1.165) is 33.5 Å². The second kappa shape index (κ2) is 4.59. The lowest BCUT2D eigenvalue weighted by Gasteiger charge is -2.19. The summed E-state index contributed by atoms with van der Waals surface area (Å²) in [6.07, 6.45) is 1.25. The normalized spacial score (nSPS) is 26.9. The van der Waals surface area contributed by atoms with Gasteiger partial charge in [0.2, 0.25) is 11.8 Å².